The highest BCUT2D eigenvalue weighted by Crippen LogP contribution is 2.16. The molecule has 0 unspecified atom stereocenters. The van der Waals surface area contributed by atoms with Crippen molar-refractivity contribution in [1.82, 2.24) is 9.13 Å². The smallest absolute Gasteiger partial charge is 0.332 e. The molecule has 1 heterocycles. The number of nitrogens with zero attached hydrogens (tertiary/aromatic N) is 4. The third kappa shape index (κ3) is 2.63. The molecule has 6 nitrogen and oxygen atoms in total. The molecular weight excluding hydrogens is 287 g/mol. The number of hydrogen-bond acceptors (Lipinski definition) is 4. The molecule has 0 aliphatic heterocycles. The predicted octanol–water partition coefficient (Wildman–Crippen LogP) is 0.731. The van der Waals surface area contributed by atoms with Gasteiger partial charge in [0.2, 0.25) is 0 Å². The van der Waals surface area contributed by atoms with E-state index >= 15 is 0 Å². The Morgan fingerprint density at radius 2 is 1.77 bits per heavy atom. The van der Waals surface area contributed by atoms with Crippen molar-refractivity contribution in [1.29, 1.82) is 5.26 Å². The van der Waals surface area contributed by atoms with Crippen molar-refractivity contribution in [2.75, 3.05) is 11.9 Å². The highest BCUT2D eigenvalue weighted by molar-refractivity contribution is 5.53. The maximum absolute atomic E-state index is 12.9. The monoisotopic (exact) mass is 302 g/mol. The predicted molar refractivity (Wildman–Crippen MR) is 80.1 cm³/mol. The molecule has 0 amide bonds. The summed E-state index contributed by atoms with van der Waals surface area (Å²) in [5.41, 5.74) is -0.452. The Labute approximate surface area is 126 Å². The lowest BCUT2D eigenvalue weighted by atomic mass is 10.2. The van der Waals surface area contributed by atoms with Gasteiger partial charge in [0.1, 0.15) is 17.7 Å². The summed E-state index contributed by atoms with van der Waals surface area (Å²) >= 11 is 0. The summed E-state index contributed by atoms with van der Waals surface area (Å²) < 4.78 is 15.1. The molecule has 1 aromatic heterocycles. The van der Waals surface area contributed by atoms with Crippen LogP contribution in [0.15, 0.2) is 33.9 Å². The molecule has 114 valence electrons. The number of hydrogen-bond donors (Lipinski definition) is 0. The average Bonchev–Trinajstić information content (AvgIpc) is 2.50. The number of aromatic nitrogens is 2. The summed E-state index contributed by atoms with van der Waals surface area (Å²) in [5.74, 6) is -0.106. The molecule has 0 aliphatic rings. The van der Waals surface area contributed by atoms with Crippen LogP contribution in [0.3, 0.4) is 0 Å². The van der Waals surface area contributed by atoms with Gasteiger partial charge < -0.3 is 4.90 Å². The van der Waals surface area contributed by atoms with Crippen molar-refractivity contribution >= 4 is 5.82 Å². The molecule has 2 aromatic rings. The molecule has 1 aromatic carbocycles. The Hall–Kier alpha value is -2.88. The van der Waals surface area contributed by atoms with Crippen LogP contribution in [0.4, 0.5) is 10.2 Å². The Bertz CT molecular complexity index is 859. The van der Waals surface area contributed by atoms with Gasteiger partial charge in [-0.15, -0.1) is 0 Å². The maximum Gasteiger partial charge on any atom is 0.332 e. The lowest BCUT2D eigenvalue weighted by Crippen LogP contribution is -2.41. The van der Waals surface area contributed by atoms with E-state index in [0.717, 1.165) is 10.1 Å². The van der Waals surface area contributed by atoms with Crippen LogP contribution in [0.2, 0.25) is 0 Å². The minimum Gasteiger partial charge on any atom is -0.355 e. The van der Waals surface area contributed by atoms with Gasteiger partial charge in [-0.05, 0) is 17.7 Å². The first kappa shape index (κ1) is 15.5. The van der Waals surface area contributed by atoms with E-state index in [4.69, 9.17) is 0 Å². The van der Waals surface area contributed by atoms with E-state index < -0.39 is 11.2 Å². The standard InChI is InChI=1S/C15H15FN4O2/c1-18(9-10-4-6-11(16)7-5-10)13-12(8-17)14(21)20(3)15(22)19(13)2/h4-7H,9H2,1-3H3. The van der Waals surface area contributed by atoms with Crippen LogP contribution in [-0.2, 0) is 20.6 Å². The van der Waals surface area contributed by atoms with Crippen LogP contribution in [-0.4, -0.2) is 16.2 Å². The SMILES string of the molecule is CN(Cc1ccc(F)cc1)c1c(C#N)c(=O)n(C)c(=O)n1C. The van der Waals surface area contributed by atoms with Crippen LogP contribution >= 0.6 is 0 Å². The van der Waals surface area contributed by atoms with Crippen LogP contribution in [0.1, 0.15) is 11.1 Å². The third-order valence-electron chi connectivity index (χ3n) is 3.44. The molecule has 2 rings (SSSR count). The Balaban J connectivity index is 2.52. The Kier molecular flexibility index (Phi) is 4.13. The normalized spacial score (nSPS) is 10.3. The fourth-order valence-electron chi connectivity index (χ4n) is 2.32. The molecule has 0 bridgehead atoms. The summed E-state index contributed by atoms with van der Waals surface area (Å²) in [7, 11) is 4.49. The highest BCUT2D eigenvalue weighted by Gasteiger charge is 2.18. The summed E-state index contributed by atoms with van der Waals surface area (Å²) in [4.78, 5) is 25.7. The summed E-state index contributed by atoms with van der Waals surface area (Å²) in [6.45, 7) is 0.329. The second-order valence-corrected chi connectivity index (χ2v) is 5.00. The topological polar surface area (TPSA) is 71.0 Å². The summed E-state index contributed by atoms with van der Waals surface area (Å²) in [6, 6.07) is 7.73. The fourth-order valence-corrected chi connectivity index (χ4v) is 2.32. The van der Waals surface area contributed by atoms with Gasteiger partial charge in [-0.25, -0.2) is 9.18 Å². The van der Waals surface area contributed by atoms with E-state index in [9.17, 15) is 19.2 Å². The zero-order valence-electron chi connectivity index (χ0n) is 12.5. The number of benzene rings is 1. The van der Waals surface area contributed by atoms with Gasteiger partial charge in [0.15, 0.2) is 5.56 Å². The molecule has 22 heavy (non-hydrogen) atoms. The second kappa shape index (κ2) is 5.85. The van der Waals surface area contributed by atoms with Gasteiger partial charge in [0.25, 0.3) is 5.56 Å². The summed E-state index contributed by atoms with van der Waals surface area (Å²) in [6.07, 6.45) is 0. The van der Waals surface area contributed by atoms with E-state index in [1.807, 2.05) is 6.07 Å². The van der Waals surface area contributed by atoms with Crippen molar-refractivity contribution in [2.45, 2.75) is 6.54 Å². The maximum atomic E-state index is 12.9. The van der Waals surface area contributed by atoms with Crippen LogP contribution in [0.5, 0.6) is 0 Å². The first-order valence-electron chi connectivity index (χ1n) is 6.52. The van der Waals surface area contributed by atoms with Gasteiger partial charge >= 0.3 is 5.69 Å². The minimum absolute atomic E-state index is 0.103. The molecule has 0 saturated carbocycles. The molecule has 0 fully saturated rings. The zero-order valence-corrected chi connectivity index (χ0v) is 12.5. The molecule has 0 spiro atoms. The average molecular weight is 302 g/mol. The van der Waals surface area contributed by atoms with Gasteiger partial charge in [-0.3, -0.25) is 13.9 Å². The van der Waals surface area contributed by atoms with Crippen LogP contribution < -0.4 is 16.1 Å². The molecule has 0 radical (unpaired) electrons. The molecule has 0 atom stereocenters. The number of nitriles is 1. The van der Waals surface area contributed by atoms with E-state index in [1.165, 1.54) is 30.8 Å². The largest absolute Gasteiger partial charge is 0.355 e. The van der Waals surface area contributed by atoms with Crippen molar-refractivity contribution in [3.05, 3.63) is 62.0 Å². The summed E-state index contributed by atoms with van der Waals surface area (Å²) in [5, 5.41) is 9.24. The first-order valence-corrected chi connectivity index (χ1v) is 6.52. The number of anilines is 1. The third-order valence-corrected chi connectivity index (χ3v) is 3.44. The van der Waals surface area contributed by atoms with Crippen LogP contribution in [0.25, 0.3) is 0 Å². The van der Waals surface area contributed by atoms with E-state index in [0.29, 0.717) is 6.54 Å². The first-order chi connectivity index (χ1) is 10.4. The number of rotatable bonds is 3. The quantitative estimate of drug-likeness (QED) is 0.838. The Morgan fingerprint density at radius 3 is 2.32 bits per heavy atom. The van der Waals surface area contributed by atoms with Crippen LogP contribution in [0, 0.1) is 17.1 Å². The molecular formula is C15H15FN4O2. The van der Waals surface area contributed by atoms with Crippen molar-refractivity contribution < 1.29 is 4.39 Å². The van der Waals surface area contributed by atoms with Gasteiger partial charge in [-0.1, -0.05) is 12.1 Å². The van der Waals surface area contributed by atoms with E-state index in [2.05, 4.69) is 0 Å². The fraction of sp³-hybridized carbons (Fsp3) is 0.267. The van der Waals surface area contributed by atoms with Crippen molar-refractivity contribution in [3.8, 4) is 6.07 Å². The van der Waals surface area contributed by atoms with Crippen molar-refractivity contribution in [2.24, 2.45) is 14.1 Å². The molecule has 0 N–H and O–H groups in total. The van der Waals surface area contributed by atoms with Gasteiger partial charge in [-0.2, -0.15) is 5.26 Å². The highest BCUT2D eigenvalue weighted by atomic mass is 19.1. The zero-order chi connectivity index (χ0) is 16.4. The van der Waals surface area contributed by atoms with Gasteiger partial charge in [0.05, 0.1) is 0 Å². The Morgan fingerprint density at radius 1 is 1.18 bits per heavy atom. The lowest BCUT2D eigenvalue weighted by Gasteiger charge is -2.23. The molecule has 7 heteroatoms. The molecule has 0 saturated heterocycles. The lowest BCUT2D eigenvalue weighted by molar-refractivity contribution is 0.626. The second-order valence-electron chi connectivity index (χ2n) is 5.00. The van der Waals surface area contributed by atoms with Gasteiger partial charge in [0, 0.05) is 27.7 Å². The van der Waals surface area contributed by atoms with E-state index in [1.54, 1.807) is 24.1 Å². The molecule has 0 aliphatic carbocycles. The van der Waals surface area contributed by atoms with E-state index in [-0.39, 0.29) is 17.2 Å². The van der Waals surface area contributed by atoms with Crippen molar-refractivity contribution in [3.63, 3.8) is 0 Å². The minimum atomic E-state index is -0.633. The number of halogens is 1.